The van der Waals surface area contributed by atoms with Crippen molar-refractivity contribution >= 4 is 16.6 Å². The number of methoxy groups -OCH3 is 1. The Bertz CT molecular complexity index is 1260. The summed E-state index contributed by atoms with van der Waals surface area (Å²) in [6.45, 7) is 8.06. The molecule has 0 N–H and O–H groups in total. The molecule has 0 saturated carbocycles. The zero-order valence-corrected chi connectivity index (χ0v) is 19.6. The fraction of sp³-hybridized carbons (Fsp3) is 0.286. The van der Waals surface area contributed by atoms with Gasteiger partial charge in [0.05, 0.1) is 24.8 Å². The predicted molar refractivity (Wildman–Crippen MR) is 134 cm³/mol. The molecular weight excluding hydrogens is 410 g/mol. The predicted octanol–water partition coefficient (Wildman–Crippen LogP) is 5.89. The van der Waals surface area contributed by atoms with Gasteiger partial charge in [0.15, 0.2) is 0 Å². The normalized spacial score (nSPS) is 18.5. The van der Waals surface area contributed by atoms with Gasteiger partial charge in [0.25, 0.3) is 0 Å². The van der Waals surface area contributed by atoms with Gasteiger partial charge >= 0.3 is 0 Å². The second-order valence-corrected chi connectivity index (χ2v) is 8.80. The van der Waals surface area contributed by atoms with Crippen molar-refractivity contribution in [3.05, 3.63) is 72.7 Å². The lowest BCUT2D eigenvalue weighted by Gasteiger charge is -2.36. The van der Waals surface area contributed by atoms with Crippen LogP contribution in [-0.4, -0.2) is 42.4 Å². The minimum atomic E-state index is 0.233. The lowest BCUT2D eigenvalue weighted by molar-refractivity contribution is -0.00521. The van der Waals surface area contributed by atoms with Crippen molar-refractivity contribution in [2.75, 3.05) is 25.1 Å². The summed E-state index contributed by atoms with van der Waals surface area (Å²) in [6, 6.07) is 19.0. The number of hydrogen-bond acceptors (Lipinski definition) is 5. The summed E-state index contributed by atoms with van der Waals surface area (Å²) in [5.74, 6) is 0.836. The average molecular weight is 440 g/mol. The summed E-state index contributed by atoms with van der Waals surface area (Å²) >= 11 is 0. The highest BCUT2D eigenvalue weighted by Crippen LogP contribution is 2.39. The van der Waals surface area contributed by atoms with Gasteiger partial charge in [0.1, 0.15) is 5.75 Å². The van der Waals surface area contributed by atoms with E-state index in [2.05, 4.69) is 72.3 Å². The molecule has 3 heterocycles. The van der Waals surface area contributed by atoms with Crippen LogP contribution >= 0.6 is 0 Å². The minimum Gasteiger partial charge on any atom is -0.495 e. The molecule has 0 unspecified atom stereocenters. The quantitative estimate of drug-likeness (QED) is 0.397. The molecule has 5 rings (SSSR count). The first-order valence-corrected chi connectivity index (χ1v) is 11.4. The smallest absolute Gasteiger partial charge is 0.137 e. The molecule has 0 amide bonds. The first kappa shape index (κ1) is 21.4. The molecule has 0 bridgehead atoms. The molecule has 168 valence electrons. The van der Waals surface area contributed by atoms with Crippen LogP contribution < -0.4 is 9.64 Å². The van der Waals surface area contributed by atoms with Gasteiger partial charge in [-0.25, -0.2) is 0 Å². The van der Waals surface area contributed by atoms with Gasteiger partial charge < -0.3 is 14.4 Å². The third-order valence-corrected chi connectivity index (χ3v) is 6.24. The Kier molecular flexibility index (Phi) is 5.73. The SMILES string of the molecule is COc1c(-c2ccc(N3C[C@@H](C)O[C@@H](C)C3)cc2)cnc2c(-c3ccc(C)nc3)cccc12. The van der Waals surface area contributed by atoms with Crippen LogP contribution in [0.15, 0.2) is 67.0 Å². The van der Waals surface area contributed by atoms with E-state index in [1.54, 1.807) is 7.11 Å². The minimum absolute atomic E-state index is 0.233. The van der Waals surface area contributed by atoms with Gasteiger partial charge in [-0.3, -0.25) is 9.97 Å². The molecular formula is C28H29N3O2. The van der Waals surface area contributed by atoms with Crippen molar-refractivity contribution in [1.29, 1.82) is 0 Å². The van der Waals surface area contributed by atoms with Gasteiger partial charge in [0.2, 0.25) is 0 Å². The molecule has 1 aliphatic rings. The Morgan fingerprint density at radius 1 is 0.848 bits per heavy atom. The summed E-state index contributed by atoms with van der Waals surface area (Å²) in [7, 11) is 1.73. The number of anilines is 1. The molecule has 1 saturated heterocycles. The van der Waals surface area contributed by atoms with Crippen LogP contribution in [0.5, 0.6) is 5.75 Å². The second kappa shape index (κ2) is 8.83. The van der Waals surface area contributed by atoms with Crippen molar-refractivity contribution in [2.45, 2.75) is 33.0 Å². The maximum Gasteiger partial charge on any atom is 0.137 e. The van der Waals surface area contributed by atoms with Gasteiger partial charge in [-0.1, -0.05) is 30.3 Å². The van der Waals surface area contributed by atoms with Crippen molar-refractivity contribution in [3.63, 3.8) is 0 Å². The molecule has 0 radical (unpaired) electrons. The number of fused-ring (bicyclic) bond motifs is 1. The van der Waals surface area contributed by atoms with Crippen molar-refractivity contribution in [1.82, 2.24) is 9.97 Å². The number of aryl methyl sites for hydroxylation is 1. The summed E-state index contributed by atoms with van der Waals surface area (Å²) in [5.41, 5.74) is 7.29. The summed E-state index contributed by atoms with van der Waals surface area (Å²) in [6.07, 6.45) is 4.28. The van der Waals surface area contributed by atoms with Crippen LogP contribution in [0.2, 0.25) is 0 Å². The zero-order valence-electron chi connectivity index (χ0n) is 19.6. The molecule has 1 fully saturated rings. The van der Waals surface area contributed by atoms with E-state index < -0.39 is 0 Å². The average Bonchev–Trinajstić information content (AvgIpc) is 2.83. The van der Waals surface area contributed by atoms with Crippen molar-refractivity contribution in [3.8, 4) is 28.0 Å². The number of aromatic nitrogens is 2. The van der Waals surface area contributed by atoms with E-state index in [9.17, 15) is 0 Å². The van der Waals surface area contributed by atoms with E-state index in [1.807, 2.05) is 25.4 Å². The standard InChI is InChI=1S/C28H29N3O2/c1-18-8-9-22(14-29-18)24-6-5-7-25-27(24)30-15-26(28(25)32-4)21-10-12-23(13-11-21)31-16-19(2)33-20(3)17-31/h5-15,19-20H,16-17H2,1-4H3/t19-,20+. The molecule has 0 spiro atoms. The molecule has 5 nitrogen and oxygen atoms in total. The monoisotopic (exact) mass is 439 g/mol. The van der Waals surface area contributed by atoms with Gasteiger partial charge in [-0.15, -0.1) is 0 Å². The van der Waals surface area contributed by atoms with Crippen molar-refractivity contribution < 1.29 is 9.47 Å². The Labute approximate surface area is 195 Å². The number of hydrogen-bond donors (Lipinski definition) is 0. The fourth-order valence-electron chi connectivity index (χ4n) is 4.72. The summed E-state index contributed by atoms with van der Waals surface area (Å²) in [4.78, 5) is 11.7. The first-order valence-electron chi connectivity index (χ1n) is 11.4. The number of morpholine rings is 1. The molecule has 5 heteroatoms. The topological polar surface area (TPSA) is 47.5 Å². The highest BCUT2D eigenvalue weighted by molar-refractivity contribution is 6.00. The number of pyridine rings is 2. The summed E-state index contributed by atoms with van der Waals surface area (Å²) in [5, 5.41) is 0.994. The van der Waals surface area contributed by atoms with E-state index in [0.717, 1.165) is 57.7 Å². The number of rotatable bonds is 4. The van der Waals surface area contributed by atoms with Gasteiger partial charge in [-0.05, 0) is 50.6 Å². The van der Waals surface area contributed by atoms with E-state index >= 15 is 0 Å². The summed E-state index contributed by atoms with van der Waals surface area (Å²) < 4.78 is 11.8. The third-order valence-electron chi connectivity index (χ3n) is 6.24. The van der Waals surface area contributed by atoms with Gasteiger partial charge in [-0.2, -0.15) is 0 Å². The molecule has 33 heavy (non-hydrogen) atoms. The van der Waals surface area contributed by atoms with Crippen LogP contribution in [0.25, 0.3) is 33.2 Å². The first-order chi connectivity index (χ1) is 16.0. The molecule has 4 aromatic rings. The van der Waals surface area contributed by atoms with Crippen molar-refractivity contribution in [2.24, 2.45) is 0 Å². The van der Waals surface area contributed by atoms with E-state index in [-0.39, 0.29) is 12.2 Å². The molecule has 2 atom stereocenters. The lowest BCUT2D eigenvalue weighted by Crippen LogP contribution is -2.45. The second-order valence-electron chi connectivity index (χ2n) is 8.80. The molecule has 2 aromatic carbocycles. The van der Waals surface area contributed by atoms with Crippen LogP contribution in [0.1, 0.15) is 19.5 Å². The Balaban J connectivity index is 1.53. The Morgan fingerprint density at radius 2 is 1.58 bits per heavy atom. The Hall–Kier alpha value is -3.44. The molecule has 0 aliphatic carbocycles. The van der Waals surface area contributed by atoms with E-state index in [4.69, 9.17) is 14.5 Å². The highest BCUT2D eigenvalue weighted by atomic mass is 16.5. The number of benzene rings is 2. The van der Waals surface area contributed by atoms with Crippen LogP contribution in [0, 0.1) is 6.92 Å². The zero-order chi connectivity index (χ0) is 22.9. The number of ether oxygens (including phenoxy) is 2. The van der Waals surface area contributed by atoms with Crippen LogP contribution in [0.4, 0.5) is 5.69 Å². The lowest BCUT2D eigenvalue weighted by atomic mass is 9.99. The highest BCUT2D eigenvalue weighted by Gasteiger charge is 2.22. The maximum absolute atomic E-state index is 5.92. The largest absolute Gasteiger partial charge is 0.495 e. The number of nitrogens with zero attached hydrogens (tertiary/aromatic N) is 3. The third kappa shape index (κ3) is 4.16. The maximum atomic E-state index is 5.92. The molecule has 1 aliphatic heterocycles. The Morgan fingerprint density at radius 3 is 2.24 bits per heavy atom. The van der Waals surface area contributed by atoms with Crippen LogP contribution in [-0.2, 0) is 4.74 Å². The van der Waals surface area contributed by atoms with E-state index in [0.29, 0.717) is 0 Å². The van der Waals surface area contributed by atoms with Gasteiger partial charge in [0, 0.05) is 58.9 Å². The van der Waals surface area contributed by atoms with E-state index in [1.165, 1.54) is 5.69 Å². The molecule has 2 aromatic heterocycles. The van der Waals surface area contributed by atoms with Crippen LogP contribution in [0.3, 0.4) is 0 Å². The number of para-hydroxylation sites is 1. The fourth-order valence-corrected chi connectivity index (χ4v) is 4.72.